The number of nitrogens with zero attached hydrogens (tertiary/aromatic N) is 3. The van der Waals surface area contributed by atoms with E-state index in [0.29, 0.717) is 26.7 Å². The molecular formula is C15H14FN5O2S2. The van der Waals surface area contributed by atoms with Gasteiger partial charge in [0.2, 0.25) is 11.0 Å². The fraction of sp³-hybridized carbons (Fsp3) is 0.200. The molecule has 10 heteroatoms. The van der Waals surface area contributed by atoms with Crippen LogP contribution in [0.2, 0.25) is 0 Å². The Kier molecular flexibility index (Phi) is 5.29. The maximum Gasteiger partial charge on any atom is 0.238 e. The Labute approximate surface area is 151 Å². The normalized spacial score (nSPS) is 12.0. The van der Waals surface area contributed by atoms with Crippen molar-refractivity contribution in [2.75, 3.05) is 10.6 Å². The van der Waals surface area contributed by atoms with Crippen LogP contribution in [0.1, 0.15) is 12.7 Å². The van der Waals surface area contributed by atoms with Crippen LogP contribution < -0.4 is 10.6 Å². The number of anilines is 3. The third-order valence-electron chi connectivity index (χ3n) is 3.01. The van der Waals surface area contributed by atoms with Crippen molar-refractivity contribution < 1.29 is 13.7 Å². The molecule has 7 nitrogen and oxygen atoms in total. The van der Waals surface area contributed by atoms with Crippen LogP contribution in [-0.4, -0.2) is 26.5 Å². The molecule has 0 saturated heterocycles. The van der Waals surface area contributed by atoms with Gasteiger partial charge in [-0.05, 0) is 32.0 Å². The van der Waals surface area contributed by atoms with Gasteiger partial charge in [-0.3, -0.25) is 4.79 Å². The van der Waals surface area contributed by atoms with E-state index >= 15 is 0 Å². The van der Waals surface area contributed by atoms with E-state index in [1.807, 2.05) is 0 Å². The molecular weight excluding hydrogens is 365 g/mol. The first-order chi connectivity index (χ1) is 12.0. The maximum absolute atomic E-state index is 13.2. The molecule has 25 heavy (non-hydrogen) atoms. The summed E-state index contributed by atoms with van der Waals surface area (Å²) in [5.74, 6) is 0.444. The number of halogens is 1. The number of thioether (sulfide) groups is 1. The molecule has 0 saturated carbocycles. The van der Waals surface area contributed by atoms with Crippen LogP contribution in [-0.2, 0) is 4.79 Å². The second-order valence-electron chi connectivity index (χ2n) is 5.08. The minimum Gasteiger partial charge on any atom is -0.360 e. The van der Waals surface area contributed by atoms with E-state index in [1.165, 1.54) is 35.2 Å². The van der Waals surface area contributed by atoms with E-state index in [2.05, 4.69) is 26.0 Å². The monoisotopic (exact) mass is 379 g/mol. The van der Waals surface area contributed by atoms with E-state index < -0.39 is 5.25 Å². The number of nitrogens with one attached hydrogen (secondary N) is 2. The van der Waals surface area contributed by atoms with Crippen molar-refractivity contribution in [2.45, 2.75) is 23.4 Å². The fourth-order valence-corrected chi connectivity index (χ4v) is 3.77. The zero-order valence-corrected chi connectivity index (χ0v) is 14.9. The van der Waals surface area contributed by atoms with E-state index in [4.69, 9.17) is 4.52 Å². The number of rotatable bonds is 6. The van der Waals surface area contributed by atoms with Gasteiger partial charge in [-0.25, -0.2) is 4.39 Å². The van der Waals surface area contributed by atoms with Crippen LogP contribution in [0.15, 0.2) is 39.2 Å². The molecule has 2 N–H and O–H groups in total. The Balaban J connectivity index is 1.57. The molecule has 2 heterocycles. The number of hydrogen-bond donors (Lipinski definition) is 2. The summed E-state index contributed by atoms with van der Waals surface area (Å²) in [6.07, 6.45) is 0. The second-order valence-corrected chi connectivity index (χ2v) is 7.65. The Hall–Kier alpha value is -2.46. The largest absolute Gasteiger partial charge is 0.360 e. The molecule has 0 unspecified atom stereocenters. The molecule has 2 aromatic heterocycles. The molecule has 0 fully saturated rings. The molecule has 1 aromatic carbocycles. The molecule has 130 valence electrons. The number of amides is 1. The molecule has 0 radical (unpaired) electrons. The quantitative estimate of drug-likeness (QED) is 0.629. The highest BCUT2D eigenvalue weighted by atomic mass is 32.2. The predicted molar refractivity (Wildman–Crippen MR) is 94.8 cm³/mol. The third kappa shape index (κ3) is 4.77. The van der Waals surface area contributed by atoms with Crippen LogP contribution in [0, 0.1) is 12.7 Å². The third-order valence-corrected chi connectivity index (χ3v) is 5.03. The summed E-state index contributed by atoms with van der Waals surface area (Å²) in [7, 11) is 0. The van der Waals surface area contributed by atoms with Crippen molar-refractivity contribution in [3.05, 3.63) is 41.9 Å². The van der Waals surface area contributed by atoms with Crippen LogP contribution in [0.4, 0.5) is 21.0 Å². The first-order valence-electron chi connectivity index (χ1n) is 7.26. The first kappa shape index (κ1) is 17.4. The molecule has 0 aliphatic heterocycles. The summed E-state index contributed by atoms with van der Waals surface area (Å²) in [4.78, 5) is 12.1. The highest BCUT2D eigenvalue weighted by molar-refractivity contribution is 8.02. The fourth-order valence-electron chi connectivity index (χ4n) is 1.86. The summed E-state index contributed by atoms with van der Waals surface area (Å²) < 4.78 is 18.7. The summed E-state index contributed by atoms with van der Waals surface area (Å²) in [6.45, 7) is 3.50. The summed E-state index contributed by atoms with van der Waals surface area (Å²) >= 11 is 2.56. The van der Waals surface area contributed by atoms with Gasteiger partial charge in [0.15, 0.2) is 10.2 Å². The smallest absolute Gasteiger partial charge is 0.238 e. The van der Waals surface area contributed by atoms with Crippen molar-refractivity contribution in [1.29, 1.82) is 0 Å². The van der Waals surface area contributed by atoms with Crippen molar-refractivity contribution in [2.24, 2.45) is 0 Å². The molecule has 0 spiro atoms. The first-order valence-corrected chi connectivity index (χ1v) is 8.96. The molecule has 0 aliphatic carbocycles. The summed E-state index contributed by atoms with van der Waals surface area (Å²) in [5.41, 5.74) is 0.583. The number of hydrogen-bond acceptors (Lipinski definition) is 8. The van der Waals surface area contributed by atoms with E-state index in [0.717, 1.165) is 0 Å². The number of aromatic nitrogens is 3. The molecule has 0 aliphatic rings. The van der Waals surface area contributed by atoms with E-state index in [-0.39, 0.29) is 11.7 Å². The molecule has 0 bridgehead atoms. The van der Waals surface area contributed by atoms with Gasteiger partial charge in [-0.1, -0.05) is 34.3 Å². The van der Waals surface area contributed by atoms with Gasteiger partial charge in [-0.15, -0.1) is 10.2 Å². The van der Waals surface area contributed by atoms with Gasteiger partial charge < -0.3 is 15.2 Å². The molecule has 1 atom stereocenters. The van der Waals surface area contributed by atoms with E-state index in [9.17, 15) is 9.18 Å². The average Bonchev–Trinajstić information content (AvgIpc) is 3.16. The highest BCUT2D eigenvalue weighted by Gasteiger charge is 2.18. The van der Waals surface area contributed by atoms with Gasteiger partial charge in [0.05, 0.1) is 5.25 Å². The zero-order chi connectivity index (χ0) is 17.8. The second kappa shape index (κ2) is 7.62. The lowest BCUT2D eigenvalue weighted by molar-refractivity contribution is -0.115. The van der Waals surface area contributed by atoms with Crippen LogP contribution in [0.5, 0.6) is 0 Å². The maximum atomic E-state index is 13.2. The minimum absolute atomic E-state index is 0.215. The van der Waals surface area contributed by atoms with Crippen molar-refractivity contribution in [3.63, 3.8) is 0 Å². The topological polar surface area (TPSA) is 92.9 Å². The van der Waals surface area contributed by atoms with Crippen molar-refractivity contribution >= 4 is 45.6 Å². The standard InChI is InChI=1S/C15H14FN5O2S2/c1-8-6-12(21-23-8)18-13(22)9(2)24-15-20-19-14(25-15)17-11-5-3-4-10(16)7-11/h3-7,9H,1-2H3,(H,17,19)(H,18,21,22)/t9-/m0/s1. The predicted octanol–water partition coefficient (Wildman–Crippen LogP) is 3.84. The average molecular weight is 379 g/mol. The van der Waals surface area contributed by atoms with Crippen LogP contribution >= 0.6 is 23.1 Å². The number of benzene rings is 1. The summed E-state index contributed by atoms with van der Waals surface area (Å²) in [6, 6.07) is 7.70. The van der Waals surface area contributed by atoms with Crippen molar-refractivity contribution in [1.82, 2.24) is 15.4 Å². The number of carbonyl (C=O) groups is 1. The minimum atomic E-state index is -0.396. The van der Waals surface area contributed by atoms with Gasteiger partial charge in [-0.2, -0.15) is 0 Å². The van der Waals surface area contributed by atoms with Gasteiger partial charge in [0.25, 0.3) is 0 Å². The Morgan fingerprint density at radius 3 is 2.92 bits per heavy atom. The van der Waals surface area contributed by atoms with Gasteiger partial charge in [0, 0.05) is 11.8 Å². The molecule has 3 rings (SSSR count). The molecule has 1 amide bonds. The lowest BCUT2D eigenvalue weighted by Crippen LogP contribution is -2.22. The lowest BCUT2D eigenvalue weighted by atomic mass is 10.3. The van der Waals surface area contributed by atoms with Gasteiger partial charge >= 0.3 is 0 Å². The molecule has 3 aromatic rings. The lowest BCUT2D eigenvalue weighted by Gasteiger charge is -2.07. The number of aryl methyl sites for hydroxylation is 1. The van der Waals surface area contributed by atoms with Crippen molar-refractivity contribution in [3.8, 4) is 0 Å². The van der Waals surface area contributed by atoms with Crippen LogP contribution in [0.3, 0.4) is 0 Å². The zero-order valence-electron chi connectivity index (χ0n) is 13.3. The Morgan fingerprint density at radius 2 is 2.20 bits per heavy atom. The van der Waals surface area contributed by atoms with Crippen LogP contribution in [0.25, 0.3) is 0 Å². The van der Waals surface area contributed by atoms with E-state index in [1.54, 1.807) is 32.0 Å². The highest BCUT2D eigenvalue weighted by Crippen LogP contribution is 2.30. The SMILES string of the molecule is Cc1cc(NC(=O)[C@H](C)Sc2nnc(Nc3cccc(F)c3)s2)no1. The Morgan fingerprint density at radius 1 is 1.36 bits per heavy atom. The Bertz CT molecular complexity index is 882. The number of carbonyl (C=O) groups excluding carboxylic acids is 1. The van der Waals surface area contributed by atoms with Gasteiger partial charge in [0.1, 0.15) is 11.6 Å². The summed E-state index contributed by atoms with van der Waals surface area (Å²) in [5, 5.41) is 17.5.